The summed E-state index contributed by atoms with van der Waals surface area (Å²) in [7, 11) is -2.04. The number of methoxy groups -OCH3 is 1. The predicted octanol–water partition coefficient (Wildman–Crippen LogP) is 1.46. The topological polar surface area (TPSA) is 79.0 Å². The lowest BCUT2D eigenvalue weighted by Gasteiger charge is -2.33. The SMILES string of the molecule is COc1ccc(S(=O)(=O)N2CCN(CC(=O)NCc3ccc(F)cc3)CC2)cc1. The number of halogens is 1. The maximum Gasteiger partial charge on any atom is 0.243 e. The van der Waals surface area contributed by atoms with Gasteiger partial charge in [0.15, 0.2) is 0 Å². The van der Waals surface area contributed by atoms with E-state index in [2.05, 4.69) is 5.32 Å². The summed E-state index contributed by atoms with van der Waals surface area (Å²) in [6.07, 6.45) is 0. The van der Waals surface area contributed by atoms with Crippen molar-refractivity contribution in [3.8, 4) is 5.75 Å². The monoisotopic (exact) mass is 421 g/mol. The molecule has 7 nitrogen and oxygen atoms in total. The van der Waals surface area contributed by atoms with Crippen molar-refractivity contribution in [2.45, 2.75) is 11.4 Å². The summed E-state index contributed by atoms with van der Waals surface area (Å²) in [5.74, 6) is 0.128. The molecular formula is C20H24FN3O4S. The van der Waals surface area contributed by atoms with Crippen molar-refractivity contribution in [2.75, 3.05) is 39.8 Å². The van der Waals surface area contributed by atoms with E-state index in [9.17, 15) is 17.6 Å². The summed E-state index contributed by atoms with van der Waals surface area (Å²) >= 11 is 0. The maximum absolute atomic E-state index is 12.9. The first kappa shape index (κ1) is 21.2. The number of hydrogen-bond donors (Lipinski definition) is 1. The Morgan fingerprint density at radius 2 is 1.66 bits per heavy atom. The third kappa shape index (κ3) is 5.53. The summed E-state index contributed by atoms with van der Waals surface area (Å²) in [5.41, 5.74) is 0.815. The van der Waals surface area contributed by atoms with Gasteiger partial charge in [-0.05, 0) is 42.0 Å². The van der Waals surface area contributed by atoms with Crippen LogP contribution in [0.15, 0.2) is 53.4 Å². The molecule has 0 spiro atoms. The second kappa shape index (κ2) is 9.34. The fraction of sp³-hybridized carbons (Fsp3) is 0.350. The van der Waals surface area contributed by atoms with Crippen molar-refractivity contribution in [3.05, 3.63) is 59.9 Å². The molecule has 0 radical (unpaired) electrons. The number of piperazine rings is 1. The lowest BCUT2D eigenvalue weighted by Crippen LogP contribution is -2.50. The molecule has 0 aromatic heterocycles. The number of carbonyl (C=O) groups excluding carboxylic acids is 1. The summed E-state index contributed by atoms with van der Waals surface area (Å²) < 4.78 is 44.9. The van der Waals surface area contributed by atoms with Crippen molar-refractivity contribution in [1.29, 1.82) is 0 Å². The number of amides is 1. The van der Waals surface area contributed by atoms with E-state index in [0.29, 0.717) is 38.5 Å². The largest absolute Gasteiger partial charge is 0.497 e. The minimum absolute atomic E-state index is 0.152. The van der Waals surface area contributed by atoms with Gasteiger partial charge in [0, 0.05) is 32.7 Å². The van der Waals surface area contributed by atoms with Gasteiger partial charge in [0.1, 0.15) is 11.6 Å². The van der Waals surface area contributed by atoms with Crippen LogP contribution < -0.4 is 10.1 Å². The first-order chi connectivity index (χ1) is 13.9. The van der Waals surface area contributed by atoms with Gasteiger partial charge in [0.25, 0.3) is 0 Å². The molecule has 0 saturated carbocycles. The van der Waals surface area contributed by atoms with E-state index in [1.165, 1.54) is 35.7 Å². The van der Waals surface area contributed by atoms with E-state index in [-0.39, 0.29) is 23.2 Å². The predicted molar refractivity (Wildman–Crippen MR) is 106 cm³/mol. The van der Waals surface area contributed by atoms with E-state index >= 15 is 0 Å². The molecule has 9 heteroatoms. The molecule has 1 saturated heterocycles. The van der Waals surface area contributed by atoms with Crippen LogP contribution >= 0.6 is 0 Å². The van der Waals surface area contributed by atoms with Crippen LogP contribution in [-0.2, 0) is 21.4 Å². The van der Waals surface area contributed by atoms with Crippen LogP contribution in [0.5, 0.6) is 5.75 Å². The average Bonchev–Trinajstić information content (AvgIpc) is 2.74. The smallest absolute Gasteiger partial charge is 0.243 e. The van der Waals surface area contributed by atoms with E-state index < -0.39 is 10.0 Å². The third-order valence-electron chi connectivity index (χ3n) is 4.80. The fourth-order valence-corrected chi connectivity index (χ4v) is 4.51. The highest BCUT2D eigenvalue weighted by Crippen LogP contribution is 2.20. The zero-order valence-electron chi connectivity index (χ0n) is 16.2. The summed E-state index contributed by atoms with van der Waals surface area (Å²) in [6, 6.07) is 12.3. The molecule has 1 fully saturated rings. The van der Waals surface area contributed by atoms with E-state index in [1.54, 1.807) is 24.3 Å². The fourth-order valence-electron chi connectivity index (χ4n) is 3.09. The van der Waals surface area contributed by atoms with Crippen LogP contribution in [0.4, 0.5) is 4.39 Å². The molecule has 2 aromatic rings. The molecule has 1 heterocycles. The van der Waals surface area contributed by atoms with Gasteiger partial charge in [0.2, 0.25) is 15.9 Å². The number of hydrogen-bond acceptors (Lipinski definition) is 5. The highest BCUT2D eigenvalue weighted by molar-refractivity contribution is 7.89. The van der Waals surface area contributed by atoms with Crippen LogP contribution in [0, 0.1) is 5.82 Å². The Morgan fingerprint density at radius 1 is 1.03 bits per heavy atom. The number of nitrogens with zero attached hydrogens (tertiary/aromatic N) is 2. The third-order valence-corrected chi connectivity index (χ3v) is 6.71. The number of carbonyl (C=O) groups is 1. The lowest BCUT2D eigenvalue weighted by molar-refractivity contribution is -0.122. The van der Waals surface area contributed by atoms with Crippen molar-refractivity contribution in [1.82, 2.24) is 14.5 Å². The van der Waals surface area contributed by atoms with Crippen molar-refractivity contribution >= 4 is 15.9 Å². The molecule has 0 unspecified atom stereocenters. The Balaban J connectivity index is 1.47. The van der Waals surface area contributed by atoms with Crippen LogP contribution in [0.25, 0.3) is 0 Å². The highest BCUT2D eigenvalue weighted by atomic mass is 32.2. The quantitative estimate of drug-likeness (QED) is 0.732. The van der Waals surface area contributed by atoms with Gasteiger partial charge in [-0.3, -0.25) is 9.69 Å². The molecule has 1 amide bonds. The second-order valence-electron chi connectivity index (χ2n) is 6.76. The van der Waals surface area contributed by atoms with Gasteiger partial charge in [0.05, 0.1) is 18.6 Å². The summed E-state index contributed by atoms with van der Waals surface area (Å²) in [4.78, 5) is 14.3. The lowest BCUT2D eigenvalue weighted by atomic mass is 10.2. The first-order valence-electron chi connectivity index (χ1n) is 9.26. The molecule has 3 rings (SSSR count). The van der Waals surface area contributed by atoms with Crippen molar-refractivity contribution in [2.24, 2.45) is 0 Å². The van der Waals surface area contributed by atoms with Crippen LogP contribution in [0.2, 0.25) is 0 Å². The molecule has 156 valence electrons. The highest BCUT2D eigenvalue weighted by Gasteiger charge is 2.29. The molecule has 29 heavy (non-hydrogen) atoms. The van der Waals surface area contributed by atoms with Gasteiger partial charge in [-0.15, -0.1) is 0 Å². The van der Waals surface area contributed by atoms with Crippen LogP contribution in [0.1, 0.15) is 5.56 Å². The minimum atomic E-state index is -3.57. The molecule has 1 aliphatic heterocycles. The van der Waals surface area contributed by atoms with Gasteiger partial charge >= 0.3 is 0 Å². The zero-order valence-corrected chi connectivity index (χ0v) is 17.0. The average molecular weight is 421 g/mol. The van der Waals surface area contributed by atoms with Crippen molar-refractivity contribution < 1.29 is 22.3 Å². The maximum atomic E-state index is 12.9. The molecule has 1 aliphatic rings. The Hall–Kier alpha value is -2.49. The number of rotatable bonds is 7. The number of ether oxygens (including phenoxy) is 1. The Bertz CT molecular complexity index is 925. The van der Waals surface area contributed by atoms with Gasteiger partial charge in [-0.1, -0.05) is 12.1 Å². The number of nitrogens with one attached hydrogen (secondary N) is 1. The van der Waals surface area contributed by atoms with Gasteiger partial charge < -0.3 is 10.1 Å². The standard InChI is InChI=1S/C20H24FN3O4S/c1-28-18-6-8-19(9-7-18)29(26,27)24-12-10-23(11-13-24)15-20(25)22-14-16-2-4-17(21)5-3-16/h2-9H,10-15H2,1H3,(H,22,25). The van der Waals surface area contributed by atoms with Gasteiger partial charge in [-0.25, -0.2) is 12.8 Å². The minimum Gasteiger partial charge on any atom is -0.497 e. The Morgan fingerprint density at radius 3 is 2.24 bits per heavy atom. The van der Waals surface area contributed by atoms with Gasteiger partial charge in [-0.2, -0.15) is 4.31 Å². The molecule has 0 bridgehead atoms. The zero-order chi connectivity index (χ0) is 20.9. The summed E-state index contributed by atoms with van der Waals surface area (Å²) in [5, 5.41) is 2.80. The normalized spacial score (nSPS) is 15.8. The summed E-state index contributed by atoms with van der Waals surface area (Å²) in [6.45, 7) is 2.10. The molecule has 0 atom stereocenters. The molecule has 1 N–H and O–H groups in total. The number of benzene rings is 2. The molecule has 0 aliphatic carbocycles. The Kier molecular flexibility index (Phi) is 6.83. The van der Waals surface area contributed by atoms with Crippen LogP contribution in [0.3, 0.4) is 0 Å². The van der Waals surface area contributed by atoms with E-state index in [1.807, 2.05) is 4.90 Å². The molecule has 2 aromatic carbocycles. The molecular weight excluding hydrogens is 397 g/mol. The second-order valence-corrected chi connectivity index (χ2v) is 8.70. The number of sulfonamides is 1. The van der Waals surface area contributed by atoms with Crippen LogP contribution in [-0.4, -0.2) is 63.4 Å². The van der Waals surface area contributed by atoms with E-state index in [0.717, 1.165) is 5.56 Å². The van der Waals surface area contributed by atoms with E-state index in [4.69, 9.17) is 4.74 Å². The van der Waals surface area contributed by atoms with Crippen molar-refractivity contribution in [3.63, 3.8) is 0 Å². The Labute approximate surface area is 170 Å². The first-order valence-corrected chi connectivity index (χ1v) is 10.7.